The second-order valence-corrected chi connectivity index (χ2v) is 7.11. The highest BCUT2D eigenvalue weighted by Crippen LogP contribution is 2.52. The lowest BCUT2D eigenvalue weighted by Gasteiger charge is -2.38. The summed E-state index contributed by atoms with van der Waals surface area (Å²) in [7, 11) is 0. The Labute approximate surface area is 152 Å². The molecule has 2 aromatic rings. The molecule has 24 heavy (non-hydrogen) atoms. The summed E-state index contributed by atoms with van der Waals surface area (Å²) in [5.74, 6) is 1.69. The highest BCUT2D eigenvalue weighted by molar-refractivity contribution is 6.36. The molecule has 2 nitrogen and oxygen atoms in total. The highest BCUT2D eigenvalue weighted by Gasteiger charge is 2.39. The van der Waals surface area contributed by atoms with Crippen molar-refractivity contribution in [1.82, 2.24) is 0 Å². The Kier molecular flexibility index (Phi) is 4.19. The van der Waals surface area contributed by atoms with Gasteiger partial charge in [0, 0.05) is 27.2 Å². The van der Waals surface area contributed by atoms with E-state index in [0.717, 1.165) is 33.5 Å². The molecule has 2 aliphatic rings. The minimum Gasteiger partial charge on any atom is -0.494 e. The smallest absolute Gasteiger partial charge is 0.119 e. The normalized spacial score (nSPS) is 24.2. The molecule has 3 atom stereocenters. The van der Waals surface area contributed by atoms with Crippen LogP contribution in [0.15, 0.2) is 48.6 Å². The lowest BCUT2D eigenvalue weighted by Crippen LogP contribution is -2.29. The van der Waals surface area contributed by atoms with Crippen LogP contribution in [0.1, 0.15) is 36.4 Å². The van der Waals surface area contributed by atoms with Gasteiger partial charge in [0.05, 0.1) is 12.6 Å². The molecule has 4 heteroatoms. The zero-order valence-electron chi connectivity index (χ0n) is 13.4. The summed E-state index contributed by atoms with van der Waals surface area (Å²) < 4.78 is 5.68. The third kappa shape index (κ3) is 2.58. The molecule has 1 N–H and O–H groups in total. The molecule has 124 valence electrons. The average molecular weight is 360 g/mol. The van der Waals surface area contributed by atoms with Gasteiger partial charge in [0.25, 0.3) is 0 Å². The van der Waals surface area contributed by atoms with Crippen LogP contribution < -0.4 is 10.1 Å². The second kappa shape index (κ2) is 6.34. The molecule has 0 saturated heterocycles. The van der Waals surface area contributed by atoms with Crippen molar-refractivity contribution in [1.29, 1.82) is 0 Å². The molecule has 0 spiro atoms. The summed E-state index contributed by atoms with van der Waals surface area (Å²) >= 11 is 13.0. The van der Waals surface area contributed by atoms with Crippen molar-refractivity contribution in [3.05, 3.63) is 69.7 Å². The molecule has 0 saturated carbocycles. The maximum absolute atomic E-state index is 6.48. The van der Waals surface area contributed by atoms with E-state index in [4.69, 9.17) is 27.9 Å². The van der Waals surface area contributed by atoms with Crippen molar-refractivity contribution >= 4 is 28.9 Å². The van der Waals surface area contributed by atoms with Gasteiger partial charge >= 0.3 is 0 Å². The minimum atomic E-state index is 0.108. The second-order valence-electron chi connectivity index (χ2n) is 6.29. The fourth-order valence-electron chi connectivity index (χ4n) is 3.92. The van der Waals surface area contributed by atoms with Crippen molar-refractivity contribution in [2.75, 3.05) is 11.9 Å². The number of ether oxygens (including phenoxy) is 1. The lowest BCUT2D eigenvalue weighted by molar-refractivity contribution is 0.338. The van der Waals surface area contributed by atoms with E-state index in [1.165, 1.54) is 5.56 Å². The Balaban J connectivity index is 1.79. The highest BCUT2D eigenvalue weighted by atomic mass is 35.5. The molecule has 0 radical (unpaired) electrons. The van der Waals surface area contributed by atoms with Crippen LogP contribution in [0.5, 0.6) is 5.75 Å². The van der Waals surface area contributed by atoms with E-state index in [-0.39, 0.29) is 6.04 Å². The van der Waals surface area contributed by atoms with Gasteiger partial charge in [-0.2, -0.15) is 0 Å². The average Bonchev–Trinajstić information content (AvgIpc) is 3.05. The largest absolute Gasteiger partial charge is 0.494 e. The topological polar surface area (TPSA) is 21.3 Å². The maximum Gasteiger partial charge on any atom is 0.119 e. The van der Waals surface area contributed by atoms with Crippen LogP contribution in [0, 0.1) is 5.92 Å². The van der Waals surface area contributed by atoms with Gasteiger partial charge < -0.3 is 10.1 Å². The number of hydrogen-bond acceptors (Lipinski definition) is 2. The van der Waals surface area contributed by atoms with E-state index in [1.807, 2.05) is 31.2 Å². The van der Waals surface area contributed by atoms with Crippen molar-refractivity contribution in [2.24, 2.45) is 5.92 Å². The zero-order valence-corrected chi connectivity index (χ0v) is 14.9. The Morgan fingerprint density at radius 2 is 1.96 bits per heavy atom. The van der Waals surface area contributed by atoms with Gasteiger partial charge in [0.15, 0.2) is 0 Å². The number of allylic oxidation sites excluding steroid dienone is 2. The number of benzene rings is 2. The zero-order chi connectivity index (χ0) is 16.7. The number of fused-ring (bicyclic) bond motifs is 3. The van der Waals surface area contributed by atoms with E-state index in [9.17, 15) is 0 Å². The predicted molar refractivity (Wildman–Crippen MR) is 100 cm³/mol. The van der Waals surface area contributed by atoms with Crippen molar-refractivity contribution in [3.8, 4) is 5.75 Å². The minimum absolute atomic E-state index is 0.108. The van der Waals surface area contributed by atoms with Crippen LogP contribution in [0.2, 0.25) is 10.0 Å². The molecule has 1 aliphatic carbocycles. The van der Waals surface area contributed by atoms with E-state index < -0.39 is 0 Å². The Morgan fingerprint density at radius 1 is 1.17 bits per heavy atom. The van der Waals surface area contributed by atoms with Crippen molar-refractivity contribution in [3.63, 3.8) is 0 Å². The van der Waals surface area contributed by atoms with Crippen molar-refractivity contribution in [2.45, 2.75) is 25.3 Å². The van der Waals surface area contributed by atoms with Crippen LogP contribution in [-0.4, -0.2) is 6.61 Å². The molecule has 4 rings (SSSR count). The Bertz CT molecular complexity index is 782. The number of nitrogens with one attached hydrogen (secondary N) is 1. The summed E-state index contributed by atoms with van der Waals surface area (Å²) in [4.78, 5) is 0. The summed E-state index contributed by atoms with van der Waals surface area (Å²) in [5.41, 5.74) is 3.42. The van der Waals surface area contributed by atoms with Crippen molar-refractivity contribution < 1.29 is 4.74 Å². The van der Waals surface area contributed by atoms with Crippen LogP contribution in [0.3, 0.4) is 0 Å². The molecule has 0 fully saturated rings. The van der Waals surface area contributed by atoms with E-state index in [2.05, 4.69) is 29.6 Å². The van der Waals surface area contributed by atoms with E-state index >= 15 is 0 Å². The van der Waals surface area contributed by atoms with Crippen LogP contribution in [-0.2, 0) is 0 Å². The quantitative estimate of drug-likeness (QED) is 0.656. The van der Waals surface area contributed by atoms with Crippen LogP contribution in [0.25, 0.3) is 0 Å². The SMILES string of the molecule is CCOc1ccc2c(c1)[C@@H]1C=CC[C@@H]1[C@H](c1c(Cl)cccc1Cl)N2. The first-order chi connectivity index (χ1) is 11.7. The van der Waals surface area contributed by atoms with Gasteiger partial charge in [-0.05, 0) is 55.2 Å². The monoisotopic (exact) mass is 359 g/mol. The lowest BCUT2D eigenvalue weighted by atomic mass is 9.77. The number of rotatable bonds is 3. The predicted octanol–water partition coefficient (Wildman–Crippen LogP) is 6.22. The molecular formula is C20H19Cl2NO. The van der Waals surface area contributed by atoms with Crippen LogP contribution >= 0.6 is 23.2 Å². The summed E-state index contributed by atoms with van der Waals surface area (Å²) in [6.45, 7) is 2.68. The van der Waals surface area contributed by atoms with Gasteiger partial charge in [-0.3, -0.25) is 0 Å². The molecular weight excluding hydrogens is 341 g/mol. The van der Waals surface area contributed by atoms with Crippen LogP contribution in [0.4, 0.5) is 5.69 Å². The van der Waals surface area contributed by atoms with Gasteiger partial charge in [-0.1, -0.05) is 41.4 Å². The molecule has 0 unspecified atom stereocenters. The van der Waals surface area contributed by atoms with Gasteiger partial charge in [0.1, 0.15) is 5.75 Å². The molecule has 1 heterocycles. The van der Waals surface area contributed by atoms with Gasteiger partial charge in [-0.15, -0.1) is 0 Å². The third-order valence-electron chi connectivity index (χ3n) is 4.96. The molecule has 0 amide bonds. The first-order valence-corrected chi connectivity index (χ1v) is 9.08. The first kappa shape index (κ1) is 15.9. The molecule has 0 aromatic heterocycles. The number of anilines is 1. The molecule has 0 bridgehead atoms. The fourth-order valence-corrected chi connectivity index (χ4v) is 4.56. The maximum atomic E-state index is 6.48. The Morgan fingerprint density at radius 3 is 2.71 bits per heavy atom. The van der Waals surface area contributed by atoms with Gasteiger partial charge in [0.2, 0.25) is 0 Å². The molecule has 2 aromatic carbocycles. The number of halogens is 2. The number of hydrogen-bond donors (Lipinski definition) is 1. The van der Waals surface area contributed by atoms with Gasteiger partial charge in [-0.25, -0.2) is 0 Å². The Hall–Kier alpha value is -1.64. The third-order valence-corrected chi connectivity index (χ3v) is 5.62. The summed E-state index contributed by atoms with van der Waals surface area (Å²) in [6.07, 6.45) is 5.58. The first-order valence-electron chi connectivity index (χ1n) is 8.33. The summed E-state index contributed by atoms with van der Waals surface area (Å²) in [5, 5.41) is 5.12. The standard InChI is InChI=1S/C20H19Cl2NO/c1-2-24-12-9-10-18-15(11-12)13-5-3-6-14(13)20(23-18)19-16(21)7-4-8-17(19)22/h3-5,7-11,13-14,20,23H,2,6H2,1H3/t13-,14+,20-/m1/s1. The van der Waals surface area contributed by atoms with E-state index in [0.29, 0.717) is 18.4 Å². The molecule has 1 aliphatic heterocycles. The fraction of sp³-hybridized carbons (Fsp3) is 0.300. The summed E-state index contributed by atoms with van der Waals surface area (Å²) in [6, 6.07) is 12.1. The van der Waals surface area contributed by atoms with E-state index in [1.54, 1.807) is 0 Å².